The minimum atomic E-state index is -0.197. The van der Waals surface area contributed by atoms with Crippen LogP contribution in [0.1, 0.15) is 12.8 Å². The first kappa shape index (κ1) is 12.7. The van der Waals surface area contributed by atoms with Crippen molar-refractivity contribution >= 4 is 17.5 Å². The molecule has 0 radical (unpaired) electrons. The molecule has 0 aliphatic heterocycles. The third-order valence-corrected chi connectivity index (χ3v) is 2.34. The van der Waals surface area contributed by atoms with E-state index in [-0.39, 0.29) is 16.6 Å². The molecule has 88 valence electrons. The van der Waals surface area contributed by atoms with Crippen molar-refractivity contribution in [3.8, 4) is 0 Å². The molecule has 0 saturated carbocycles. The molecular formula is C10H14ClN3O2. The number of aromatic nitrogens is 2. The Balaban J connectivity index is 2.50. The summed E-state index contributed by atoms with van der Waals surface area (Å²) in [6, 6.07) is 1.26. The molecular weight excluding hydrogens is 230 g/mol. The van der Waals surface area contributed by atoms with E-state index in [1.807, 2.05) is 0 Å². The molecule has 0 unspecified atom stereocenters. The Bertz CT molecular complexity index is 428. The van der Waals surface area contributed by atoms with E-state index in [2.05, 4.69) is 4.98 Å². The maximum Gasteiger partial charge on any atom is 0.254 e. The fourth-order valence-corrected chi connectivity index (χ4v) is 1.33. The number of rotatable bonds is 4. The molecule has 0 atom stereocenters. The van der Waals surface area contributed by atoms with Crippen LogP contribution < -0.4 is 5.56 Å². The van der Waals surface area contributed by atoms with Crippen molar-refractivity contribution in [3.05, 3.63) is 27.9 Å². The number of amides is 1. The van der Waals surface area contributed by atoms with Gasteiger partial charge in [0.1, 0.15) is 5.15 Å². The van der Waals surface area contributed by atoms with Crippen LogP contribution in [0, 0.1) is 0 Å². The molecule has 0 saturated heterocycles. The highest BCUT2D eigenvalue weighted by molar-refractivity contribution is 6.29. The number of aryl methyl sites for hydroxylation is 1. The third-order valence-electron chi connectivity index (χ3n) is 2.13. The van der Waals surface area contributed by atoms with E-state index in [1.165, 1.54) is 21.9 Å². The first-order valence-electron chi connectivity index (χ1n) is 4.93. The predicted octanol–water partition coefficient (Wildman–Crippen LogP) is 0.765. The van der Waals surface area contributed by atoms with Gasteiger partial charge in [-0.25, -0.2) is 4.98 Å². The molecule has 1 aromatic heterocycles. The average molecular weight is 244 g/mol. The van der Waals surface area contributed by atoms with Crippen molar-refractivity contribution in [2.24, 2.45) is 0 Å². The Kier molecular flexibility index (Phi) is 4.49. The Morgan fingerprint density at radius 3 is 2.81 bits per heavy atom. The summed E-state index contributed by atoms with van der Waals surface area (Å²) < 4.78 is 1.44. The van der Waals surface area contributed by atoms with E-state index < -0.39 is 0 Å². The van der Waals surface area contributed by atoms with Crippen molar-refractivity contribution in [1.82, 2.24) is 14.5 Å². The van der Waals surface area contributed by atoms with Gasteiger partial charge in [0.25, 0.3) is 5.56 Å². The zero-order valence-corrected chi connectivity index (χ0v) is 10.1. The topological polar surface area (TPSA) is 55.2 Å². The molecule has 1 heterocycles. The lowest BCUT2D eigenvalue weighted by Crippen LogP contribution is -2.23. The van der Waals surface area contributed by atoms with Gasteiger partial charge in [0, 0.05) is 33.1 Å². The van der Waals surface area contributed by atoms with Crippen molar-refractivity contribution in [3.63, 3.8) is 0 Å². The zero-order valence-electron chi connectivity index (χ0n) is 9.31. The molecule has 0 bridgehead atoms. The van der Waals surface area contributed by atoms with Gasteiger partial charge in [-0.05, 0) is 6.42 Å². The monoisotopic (exact) mass is 243 g/mol. The van der Waals surface area contributed by atoms with Gasteiger partial charge < -0.3 is 4.90 Å². The quantitative estimate of drug-likeness (QED) is 0.734. The Morgan fingerprint density at radius 1 is 1.56 bits per heavy atom. The second-order valence-electron chi connectivity index (χ2n) is 3.63. The highest BCUT2D eigenvalue weighted by atomic mass is 35.5. The molecule has 0 fully saturated rings. The fourth-order valence-electron chi connectivity index (χ4n) is 1.20. The number of halogens is 1. The summed E-state index contributed by atoms with van der Waals surface area (Å²) >= 11 is 5.56. The van der Waals surface area contributed by atoms with Gasteiger partial charge >= 0.3 is 0 Å². The van der Waals surface area contributed by atoms with E-state index >= 15 is 0 Å². The van der Waals surface area contributed by atoms with Gasteiger partial charge in [-0.1, -0.05) is 11.6 Å². The summed E-state index contributed by atoms with van der Waals surface area (Å²) in [4.78, 5) is 28.0. The molecule has 16 heavy (non-hydrogen) atoms. The number of hydrogen-bond donors (Lipinski definition) is 0. The fraction of sp³-hybridized carbons (Fsp3) is 0.500. The smallest absolute Gasteiger partial charge is 0.254 e. The maximum atomic E-state index is 11.4. The minimum absolute atomic E-state index is 0.0509. The summed E-state index contributed by atoms with van der Waals surface area (Å²) in [5.74, 6) is 0.0509. The molecule has 1 rings (SSSR count). The minimum Gasteiger partial charge on any atom is -0.349 e. The standard InChI is InChI=1S/C10H14ClN3O2/c1-13(2)9(15)4-3-5-14-7-12-8(11)6-10(14)16/h6-7H,3-5H2,1-2H3. The largest absolute Gasteiger partial charge is 0.349 e. The number of carbonyl (C=O) groups excluding carboxylic acids is 1. The Labute approximate surface area is 98.7 Å². The molecule has 0 aliphatic carbocycles. The van der Waals surface area contributed by atoms with Crippen LogP contribution >= 0.6 is 11.6 Å². The first-order chi connectivity index (χ1) is 7.50. The summed E-state index contributed by atoms with van der Waals surface area (Å²) in [5, 5.41) is 0.186. The third kappa shape index (κ3) is 3.66. The van der Waals surface area contributed by atoms with Crippen LogP contribution in [0.5, 0.6) is 0 Å². The Hall–Kier alpha value is -1.36. The highest BCUT2D eigenvalue weighted by Gasteiger charge is 2.04. The summed E-state index contributed by atoms with van der Waals surface area (Å²) in [5.41, 5.74) is -0.197. The number of nitrogens with zero attached hydrogens (tertiary/aromatic N) is 3. The van der Waals surface area contributed by atoms with Gasteiger partial charge in [-0.3, -0.25) is 14.2 Å². The average Bonchev–Trinajstić information content (AvgIpc) is 2.20. The molecule has 1 amide bonds. The number of hydrogen-bond acceptors (Lipinski definition) is 3. The second-order valence-corrected chi connectivity index (χ2v) is 4.02. The molecule has 0 aromatic carbocycles. The lowest BCUT2D eigenvalue weighted by atomic mass is 10.3. The van der Waals surface area contributed by atoms with Crippen LogP contribution in [0.25, 0.3) is 0 Å². The van der Waals surface area contributed by atoms with Crippen molar-refractivity contribution in [2.75, 3.05) is 14.1 Å². The summed E-state index contributed by atoms with van der Waals surface area (Å²) in [6.07, 6.45) is 2.42. The van der Waals surface area contributed by atoms with Gasteiger partial charge in [-0.2, -0.15) is 0 Å². The van der Waals surface area contributed by atoms with E-state index in [0.717, 1.165) is 0 Å². The van der Waals surface area contributed by atoms with Crippen LogP contribution in [-0.2, 0) is 11.3 Å². The zero-order chi connectivity index (χ0) is 12.1. The summed E-state index contributed by atoms with van der Waals surface area (Å²) in [6.45, 7) is 0.475. The SMILES string of the molecule is CN(C)C(=O)CCCn1cnc(Cl)cc1=O. The van der Waals surface area contributed by atoms with E-state index in [9.17, 15) is 9.59 Å². The molecule has 5 nitrogen and oxygen atoms in total. The number of carbonyl (C=O) groups is 1. The van der Waals surface area contributed by atoms with Crippen LogP contribution in [0.3, 0.4) is 0 Å². The van der Waals surface area contributed by atoms with Gasteiger partial charge in [0.05, 0.1) is 6.33 Å². The van der Waals surface area contributed by atoms with Crippen LogP contribution in [0.15, 0.2) is 17.2 Å². The van der Waals surface area contributed by atoms with Crippen molar-refractivity contribution in [2.45, 2.75) is 19.4 Å². The van der Waals surface area contributed by atoms with E-state index in [1.54, 1.807) is 14.1 Å². The normalized spacial score (nSPS) is 10.2. The maximum absolute atomic E-state index is 11.4. The molecule has 0 aliphatic rings. The molecule has 6 heteroatoms. The Morgan fingerprint density at radius 2 is 2.25 bits per heavy atom. The van der Waals surface area contributed by atoms with Gasteiger partial charge in [-0.15, -0.1) is 0 Å². The molecule has 0 N–H and O–H groups in total. The van der Waals surface area contributed by atoms with Crippen LogP contribution in [-0.4, -0.2) is 34.5 Å². The van der Waals surface area contributed by atoms with Crippen LogP contribution in [0.4, 0.5) is 0 Å². The lowest BCUT2D eigenvalue weighted by molar-refractivity contribution is -0.128. The van der Waals surface area contributed by atoms with E-state index in [0.29, 0.717) is 19.4 Å². The van der Waals surface area contributed by atoms with Crippen LogP contribution in [0.2, 0.25) is 5.15 Å². The lowest BCUT2D eigenvalue weighted by Gasteiger charge is -2.10. The highest BCUT2D eigenvalue weighted by Crippen LogP contribution is 1.99. The summed E-state index contributed by atoms with van der Waals surface area (Å²) in [7, 11) is 3.41. The second kappa shape index (κ2) is 5.65. The molecule has 1 aromatic rings. The van der Waals surface area contributed by atoms with E-state index in [4.69, 9.17) is 11.6 Å². The van der Waals surface area contributed by atoms with Crippen molar-refractivity contribution in [1.29, 1.82) is 0 Å². The van der Waals surface area contributed by atoms with Crippen molar-refractivity contribution < 1.29 is 4.79 Å². The predicted molar refractivity (Wildman–Crippen MR) is 61.4 cm³/mol. The molecule has 0 spiro atoms. The van der Waals surface area contributed by atoms with Gasteiger partial charge in [0.15, 0.2) is 0 Å². The van der Waals surface area contributed by atoms with Gasteiger partial charge in [0.2, 0.25) is 5.91 Å². The first-order valence-corrected chi connectivity index (χ1v) is 5.30.